The third-order valence-electron chi connectivity index (χ3n) is 12.4. The highest BCUT2D eigenvalue weighted by atomic mass is 16.6. The summed E-state index contributed by atoms with van der Waals surface area (Å²) in [5, 5.41) is 22.4. The van der Waals surface area contributed by atoms with Gasteiger partial charge in [0, 0.05) is 13.1 Å². The summed E-state index contributed by atoms with van der Waals surface area (Å²) >= 11 is 0. The van der Waals surface area contributed by atoms with Crippen LogP contribution in [0.5, 0.6) is 0 Å². The lowest BCUT2D eigenvalue weighted by Crippen LogP contribution is -2.62. The van der Waals surface area contributed by atoms with Crippen molar-refractivity contribution < 1.29 is 24.5 Å². The smallest absolute Gasteiger partial charge is 0.409 e. The maximum atomic E-state index is 12.3. The van der Waals surface area contributed by atoms with E-state index in [1.165, 1.54) is 25.7 Å². The van der Waals surface area contributed by atoms with Gasteiger partial charge in [0.1, 0.15) is 0 Å². The molecule has 5 rings (SSSR count). The Bertz CT molecular complexity index is 800. The van der Waals surface area contributed by atoms with E-state index in [1.54, 1.807) is 4.90 Å². The van der Waals surface area contributed by atoms with Gasteiger partial charge in [0.05, 0.1) is 32.0 Å². The molecule has 1 aliphatic heterocycles. The number of carbonyl (C=O) groups is 1. The Morgan fingerprint density at radius 1 is 1.03 bits per heavy atom. The highest BCUT2D eigenvalue weighted by Crippen LogP contribution is 2.69. The number of nitrogens with zero attached hydrogens (tertiary/aromatic N) is 1. The first-order valence-corrected chi connectivity index (χ1v) is 15.6. The Balaban J connectivity index is 1.22. The highest BCUT2D eigenvalue weighted by Gasteiger charge is 2.64. The summed E-state index contributed by atoms with van der Waals surface area (Å²) in [6, 6.07) is 0. The summed E-state index contributed by atoms with van der Waals surface area (Å²) in [5.41, 5.74) is 0.556. The second-order valence-electron chi connectivity index (χ2n) is 14.0. The first kappa shape index (κ1) is 27.7. The molecular formula is C31H53NO5. The van der Waals surface area contributed by atoms with Crippen LogP contribution in [0.3, 0.4) is 0 Å². The van der Waals surface area contributed by atoms with E-state index in [2.05, 4.69) is 27.7 Å². The summed E-state index contributed by atoms with van der Waals surface area (Å²) in [6.07, 6.45) is 10.4. The second-order valence-corrected chi connectivity index (χ2v) is 14.0. The van der Waals surface area contributed by atoms with Gasteiger partial charge in [-0.1, -0.05) is 34.1 Å². The minimum atomic E-state index is -0.225. The standard InChI is InChI=1S/C31H53NO5/c1-5-22-26-19-21(33)10-12-31(26,4)25-11-13-30(3)23(8-9-24(30)27(25)28(22)34)20(2)7-6-16-37-29(35)32-14-17-36-18-15-32/h20-28,33-34H,5-19H2,1-4H3/t20-,21-,22-,23?,24+,25+,26+,27+,28-,30-,31-/m1/s1. The Morgan fingerprint density at radius 3 is 2.46 bits per heavy atom. The zero-order valence-corrected chi connectivity index (χ0v) is 23.9. The molecule has 5 aliphatic rings. The average Bonchev–Trinajstić information content (AvgIpc) is 3.25. The van der Waals surface area contributed by atoms with Gasteiger partial charge < -0.3 is 24.6 Å². The maximum Gasteiger partial charge on any atom is 0.409 e. The van der Waals surface area contributed by atoms with Crippen molar-refractivity contribution in [1.82, 2.24) is 4.90 Å². The van der Waals surface area contributed by atoms with Crippen LogP contribution in [0, 0.1) is 52.3 Å². The first-order chi connectivity index (χ1) is 17.7. The van der Waals surface area contributed by atoms with Gasteiger partial charge in [0.15, 0.2) is 0 Å². The molecule has 4 aliphatic carbocycles. The predicted octanol–water partition coefficient (Wildman–Crippen LogP) is 5.50. The van der Waals surface area contributed by atoms with Gasteiger partial charge in [-0.05, 0) is 110 Å². The summed E-state index contributed by atoms with van der Waals surface area (Å²) in [4.78, 5) is 14.1. The number of aliphatic hydroxyl groups is 2. The fraction of sp³-hybridized carbons (Fsp3) is 0.968. The Hall–Kier alpha value is -0.850. The molecule has 11 atom stereocenters. The molecule has 212 valence electrons. The number of ether oxygens (including phenoxy) is 2. The Labute approximate surface area is 224 Å². The molecule has 2 N–H and O–H groups in total. The van der Waals surface area contributed by atoms with Crippen LogP contribution in [-0.4, -0.2) is 66.3 Å². The molecule has 5 fully saturated rings. The van der Waals surface area contributed by atoms with Crippen molar-refractivity contribution in [1.29, 1.82) is 0 Å². The van der Waals surface area contributed by atoms with E-state index in [1.807, 2.05) is 0 Å². The molecule has 6 nitrogen and oxygen atoms in total. The van der Waals surface area contributed by atoms with Crippen molar-refractivity contribution in [2.24, 2.45) is 52.3 Å². The van der Waals surface area contributed by atoms with Gasteiger partial charge in [0.2, 0.25) is 0 Å². The third kappa shape index (κ3) is 4.86. The molecular weight excluding hydrogens is 466 g/mol. The fourth-order valence-electron chi connectivity index (χ4n) is 10.5. The van der Waals surface area contributed by atoms with Gasteiger partial charge in [-0.15, -0.1) is 0 Å². The van der Waals surface area contributed by atoms with Crippen molar-refractivity contribution in [2.45, 2.75) is 104 Å². The lowest BCUT2D eigenvalue weighted by atomic mass is 9.41. The quantitative estimate of drug-likeness (QED) is 0.453. The minimum Gasteiger partial charge on any atom is -0.449 e. The van der Waals surface area contributed by atoms with E-state index in [0.29, 0.717) is 79.8 Å². The maximum absolute atomic E-state index is 12.3. The average molecular weight is 520 g/mol. The van der Waals surface area contributed by atoms with E-state index >= 15 is 0 Å². The first-order valence-electron chi connectivity index (χ1n) is 15.6. The largest absolute Gasteiger partial charge is 0.449 e. The summed E-state index contributed by atoms with van der Waals surface area (Å²) in [6.45, 7) is 12.7. The zero-order chi connectivity index (χ0) is 26.4. The van der Waals surface area contributed by atoms with E-state index < -0.39 is 0 Å². The highest BCUT2D eigenvalue weighted by molar-refractivity contribution is 5.67. The normalized spacial score (nSPS) is 46.5. The number of rotatable bonds is 6. The van der Waals surface area contributed by atoms with Gasteiger partial charge in [0.25, 0.3) is 0 Å². The van der Waals surface area contributed by atoms with Crippen LogP contribution in [0.25, 0.3) is 0 Å². The van der Waals surface area contributed by atoms with Crippen LogP contribution < -0.4 is 0 Å². The number of hydrogen-bond donors (Lipinski definition) is 2. The van der Waals surface area contributed by atoms with Crippen LogP contribution in [0.2, 0.25) is 0 Å². The van der Waals surface area contributed by atoms with E-state index in [0.717, 1.165) is 38.5 Å². The topological polar surface area (TPSA) is 79.2 Å². The third-order valence-corrected chi connectivity index (χ3v) is 12.4. The van der Waals surface area contributed by atoms with E-state index in [4.69, 9.17) is 9.47 Å². The molecule has 0 radical (unpaired) electrons. The second kappa shape index (κ2) is 11.0. The Kier molecular flexibility index (Phi) is 8.21. The van der Waals surface area contributed by atoms with Crippen LogP contribution in [0.15, 0.2) is 0 Å². The summed E-state index contributed by atoms with van der Waals surface area (Å²) < 4.78 is 10.9. The molecule has 1 heterocycles. The number of aliphatic hydroxyl groups excluding tert-OH is 2. The zero-order valence-electron chi connectivity index (χ0n) is 23.9. The van der Waals surface area contributed by atoms with Crippen LogP contribution >= 0.6 is 0 Å². The van der Waals surface area contributed by atoms with Crippen molar-refractivity contribution in [3.8, 4) is 0 Å². The molecule has 4 saturated carbocycles. The molecule has 0 aromatic rings. The monoisotopic (exact) mass is 519 g/mol. The van der Waals surface area contributed by atoms with Crippen molar-refractivity contribution in [2.75, 3.05) is 32.9 Å². The lowest BCUT2D eigenvalue weighted by molar-refractivity contribution is -0.203. The number of hydrogen-bond acceptors (Lipinski definition) is 5. The van der Waals surface area contributed by atoms with Gasteiger partial charge in [-0.3, -0.25) is 0 Å². The van der Waals surface area contributed by atoms with Gasteiger partial charge in [-0.25, -0.2) is 4.79 Å². The van der Waals surface area contributed by atoms with E-state index in [9.17, 15) is 15.0 Å². The number of fused-ring (bicyclic) bond motifs is 5. The van der Waals surface area contributed by atoms with Crippen LogP contribution in [0.1, 0.15) is 91.9 Å². The van der Waals surface area contributed by atoms with Gasteiger partial charge >= 0.3 is 6.09 Å². The van der Waals surface area contributed by atoms with E-state index in [-0.39, 0.29) is 23.7 Å². The Morgan fingerprint density at radius 2 is 1.73 bits per heavy atom. The summed E-state index contributed by atoms with van der Waals surface area (Å²) in [5.74, 6) is 3.66. The van der Waals surface area contributed by atoms with Crippen molar-refractivity contribution >= 4 is 6.09 Å². The molecule has 1 saturated heterocycles. The van der Waals surface area contributed by atoms with Crippen LogP contribution in [0.4, 0.5) is 4.79 Å². The summed E-state index contributed by atoms with van der Waals surface area (Å²) in [7, 11) is 0. The predicted molar refractivity (Wildman–Crippen MR) is 144 cm³/mol. The SMILES string of the molecule is CC[C@H]1[C@@H](O)[C@@H]2[C@H](CC[C@]3(C)C([C@H](C)CCCOC(=O)N4CCOCC4)CC[C@@H]23)[C@@]2(C)CC[C@@H](O)C[C@@H]12. The van der Waals surface area contributed by atoms with Crippen molar-refractivity contribution in [3.05, 3.63) is 0 Å². The molecule has 6 heteroatoms. The number of carbonyl (C=O) groups excluding carboxylic acids is 1. The lowest BCUT2D eigenvalue weighted by Gasteiger charge is -2.64. The molecule has 0 aromatic heterocycles. The van der Waals surface area contributed by atoms with Gasteiger partial charge in [-0.2, -0.15) is 0 Å². The number of amides is 1. The molecule has 0 aromatic carbocycles. The molecule has 0 spiro atoms. The van der Waals surface area contributed by atoms with Crippen molar-refractivity contribution in [3.63, 3.8) is 0 Å². The molecule has 0 bridgehead atoms. The molecule has 1 unspecified atom stereocenters. The molecule has 37 heavy (non-hydrogen) atoms. The minimum absolute atomic E-state index is 0.186. The fourth-order valence-corrected chi connectivity index (χ4v) is 10.5. The number of morpholine rings is 1. The molecule has 1 amide bonds. The van der Waals surface area contributed by atoms with Crippen LogP contribution in [-0.2, 0) is 9.47 Å².